The van der Waals surface area contributed by atoms with Gasteiger partial charge in [0, 0.05) is 11.6 Å². The monoisotopic (exact) mass is 293 g/mol. The molecular formula is C13H12ClN3O3. The maximum absolute atomic E-state index is 11.7. The number of pyridine rings is 1. The number of nitrogens with zero attached hydrogens (tertiary/aromatic N) is 1. The Balaban J connectivity index is 2.24. The van der Waals surface area contributed by atoms with Gasteiger partial charge in [-0.25, -0.2) is 4.79 Å². The van der Waals surface area contributed by atoms with E-state index >= 15 is 0 Å². The summed E-state index contributed by atoms with van der Waals surface area (Å²) >= 11 is 6.05. The Labute approximate surface area is 119 Å². The van der Waals surface area contributed by atoms with Gasteiger partial charge in [-0.15, -0.1) is 0 Å². The molecular weight excluding hydrogens is 282 g/mol. The Hall–Kier alpha value is -2.34. The molecule has 1 heterocycles. The summed E-state index contributed by atoms with van der Waals surface area (Å²) in [5.74, 6) is -1.11. The Morgan fingerprint density at radius 2 is 2.10 bits per heavy atom. The van der Waals surface area contributed by atoms with Gasteiger partial charge in [-0.2, -0.15) is 0 Å². The molecule has 7 heteroatoms. The van der Waals surface area contributed by atoms with Gasteiger partial charge >= 0.3 is 12.0 Å². The number of benzene rings is 1. The number of carbonyl (C=O) groups is 2. The lowest BCUT2D eigenvalue weighted by atomic mass is 10.2. The summed E-state index contributed by atoms with van der Waals surface area (Å²) in [5.41, 5.74) is 0.998. The van der Waals surface area contributed by atoms with Crippen LogP contribution in [-0.2, 0) is 4.79 Å². The Bertz CT molecular complexity index is 675. The average molecular weight is 294 g/mol. The zero-order valence-electron chi connectivity index (χ0n) is 10.6. The van der Waals surface area contributed by atoms with Gasteiger partial charge in [0.25, 0.3) is 0 Å². The molecule has 1 atom stereocenters. The normalized spacial score (nSPS) is 11.9. The third-order valence-electron chi connectivity index (χ3n) is 2.68. The molecule has 6 nitrogen and oxygen atoms in total. The molecule has 0 saturated carbocycles. The summed E-state index contributed by atoms with van der Waals surface area (Å²) in [6.07, 6.45) is 1.58. The fraction of sp³-hybridized carbons (Fsp3) is 0.154. The fourth-order valence-electron chi connectivity index (χ4n) is 1.66. The molecule has 104 valence electrons. The van der Waals surface area contributed by atoms with E-state index < -0.39 is 18.0 Å². The van der Waals surface area contributed by atoms with E-state index in [0.29, 0.717) is 21.6 Å². The maximum Gasteiger partial charge on any atom is 0.325 e. The van der Waals surface area contributed by atoms with E-state index in [2.05, 4.69) is 15.6 Å². The van der Waals surface area contributed by atoms with Crippen molar-refractivity contribution in [1.82, 2.24) is 10.3 Å². The van der Waals surface area contributed by atoms with Gasteiger partial charge in [-0.05, 0) is 31.2 Å². The lowest BCUT2D eigenvalue weighted by Gasteiger charge is -2.12. The quantitative estimate of drug-likeness (QED) is 0.811. The second-order valence-corrected chi connectivity index (χ2v) is 4.56. The Kier molecular flexibility index (Phi) is 4.05. The lowest BCUT2D eigenvalue weighted by molar-refractivity contribution is -0.138. The number of halogens is 1. The zero-order chi connectivity index (χ0) is 14.7. The standard InChI is InChI=1S/C13H12ClN3O3/c1-7(12(18)19)16-13(20)17-10-5-4-9(14)8-3-2-6-15-11(8)10/h2-7H,1H3,(H,18,19)(H2,16,17,20)/t7-/m1/s1. The number of fused-ring (bicyclic) bond motifs is 1. The predicted molar refractivity (Wildman–Crippen MR) is 76.0 cm³/mol. The van der Waals surface area contributed by atoms with Gasteiger partial charge in [0.05, 0.1) is 16.2 Å². The highest BCUT2D eigenvalue weighted by Gasteiger charge is 2.15. The number of nitrogens with one attached hydrogen (secondary N) is 2. The van der Waals surface area contributed by atoms with Crippen molar-refractivity contribution in [2.45, 2.75) is 13.0 Å². The summed E-state index contributed by atoms with van der Waals surface area (Å²) in [6, 6.07) is 5.18. The number of rotatable bonds is 3. The first-order valence-corrected chi connectivity index (χ1v) is 6.20. The average Bonchev–Trinajstić information content (AvgIpc) is 2.42. The first-order chi connectivity index (χ1) is 9.49. The Morgan fingerprint density at radius 3 is 2.80 bits per heavy atom. The van der Waals surface area contributed by atoms with Crippen LogP contribution in [0.4, 0.5) is 10.5 Å². The van der Waals surface area contributed by atoms with Crippen molar-refractivity contribution in [3.05, 3.63) is 35.5 Å². The highest BCUT2D eigenvalue weighted by atomic mass is 35.5. The van der Waals surface area contributed by atoms with Gasteiger partial charge in [-0.1, -0.05) is 11.6 Å². The van der Waals surface area contributed by atoms with Crippen molar-refractivity contribution in [3.8, 4) is 0 Å². The number of hydrogen-bond donors (Lipinski definition) is 3. The molecule has 2 aromatic rings. The van der Waals surface area contributed by atoms with E-state index in [0.717, 1.165) is 0 Å². The predicted octanol–water partition coefficient (Wildman–Crippen LogP) is 2.48. The second-order valence-electron chi connectivity index (χ2n) is 4.15. The summed E-state index contributed by atoms with van der Waals surface area (Å²) in [7, 11) is 0. The summed E-state index contributed by atoms with van der Waals surface area (Å²) in [4.78, 5) is 26.5. The van der Waals surface area contributed by atoms with Gasteiger partial charge < -0.3 is 15.7 Å². The number of anilines is 1. The number of aromatic nitrogens is 1. The number of urea groups is 1. The summed E-state index contributed by atoms with van der Waals surface area (Å²) in [6.45, 7) is 1.38. The van der Waals surface area contributed by atoms with Crippen LogP contribution in [0.25, 0.3) is 10.9 Å². The lowest BCUT2D eigenvalue weighted by Crippen LogP contribution is -2.40. The van der Waals surface area contributed by atoms with E-state index in [-0.39, 0.29) is 0 Å². The third kappa shape index (κ3) is 2.97. The molecule has 3 N–H and O–H groups in total. The minimum Gasteiger partial charge on any atom is -0.480 e. The van der Waals surface area contributed by atoms with Crippen molar-refractivity contribution in [1.29, 1.82) is 0 Å². The number of amides is 2. The van der Waals surface area contributed by atoms with Crippen LogP contribution < -0.4 is 10.6 Å². The van der Waals surface area contributed by atoms with Crippen molar-refractivity contribution < 1.29 is 14.7 Å². The fourth-order valence-corrected chi connectivity index (χ4v) is 1.87. The van der Waals surface area contributed by atoms with E-state index in [1.54, 1.807) is 30.5 Å². The van der Waals surface area contributed by atoms with Crippen molar-refractivity contribution >= 4 is 40.2 Å². The van der Waals surface area contributed by atoms with Crippen LogP contribution in [0.2, 0.25) is 5.02 Å². The Morgan fingerprint density at radius 1 is 1.35 bits per heavy atom. The number of hydrogen-bond acceptors (Lipinski definition) is 3. The van der Waals surface area contributed by atoms with Crippen LogP contribution in [0.15, 0.2) is 30.5 Å². The molecule has 20 heavy (non-hydrogen) atoms. The highest BCUT2D eigenvalue weighted by Crippen LogP contribution is 2.27. The first kappa shape index (κ1) is 14.1. The molecule has 0 aliphatic carbocycles. The molecule has 0 aliphatic rings. The summed E-state index contributed by atoms with van der Waals surface area (Å²) in [5, 5.41) is 14.8. The molecule has 0 bridgehead atoms. The third-order valence-corrected chi connectivity index (χ3v) is 3.01. The van der Waals surface area contributed by atoms with Crippen LogP contribution >= 0.6 is 11.6 Å². The van der Waals surface area contributed by atoms with Gasteiger partial charge in [-0.3, -0.25) is 9.78 Å². The molecule has 1 aromatic carbocycles. The number of carboxylic acids is 1. The zero-order valence-corrected chi connectivity index (χ0v) is 11.3. The molecule has 2 rings (SSSR count). The van der Waals surface area contributed by atoms with Crippen LogP contribution in [0, 0.1) is 0 Å². The van der Waals surface area contributed by atoms with Crippen LogP contribution in [0.5, 0.6) is 0 Å². The largest absolute Gasteiger partial charge is 0.480 e. The van der Waals surface area contributed by atoms with Crippen molar-refractivity contribution in [3.63, 3.8) is 0 Å². The van der Waals surface area contributed by atoms with E-state index in [4.69, 9.17) is 16.7 Å². The smallest absolute Gasteiger partial charge is 0.325 e. The summed E-state index contributed by atoms with van der Waals surface area (Å²) < 4.78 is 0. The first-order valence-electron chi connectivity index (χ1n) is 5.82. The molecule has 0 spiro atoms. The SMILES string of the molecule is C[C@@H](NC(=O)Nc1ccc(Cl)c2cccnc12)C(=O)O. The molecule has 2 amide bonds. The van der Waals surface area contributed by atoms with Gasteiger partial charge in [0.15, 0.2) is 0 Å². The van der Waals surface area contributed by atoms with Crippen LogP contribution in [-0.4, -0.2) is 28.1 Å². The molecule has 1 aromatic heterocycles. The van der Waals surface area contributed by atoms with Crippen molar-refractivity contribution in [2.75, 3.05) is 5.32 Å². The topological polar surface area (TPSA) is 91.3 Å². The van der Waals surface area contributed by atoms with Gasteiger partial charge in [0.2, 0.25) is 0 Å². The van der Waals surface area contributed by atoms with Crippen molar-refractivity contribution in [2.24, 2.45) is 0 Å². The second kappa shape index (κ2) is 5.75. The number of carbonyl (C=O) groups excluding carboxylic acids is 1. The molecule has 0 unspecified atom stereocenters. The highest BCUT2D eigenvalue weighted by molar-refractivity contribution is 6.35. The number of carboxylic acid groups (broad SMARTS) is 1. The molecule has 0 aliphatic heterocycles. The van der Waals surface area contributed by atoms with E-state index in [1.165, 1.54) is 6.92 Å². The van der Waals surface area contributed by atoms with Crippen LogP contribution in [0.1, 0.15) is 6.92 Å². The van der Waals surface area contributed by atoms with E-state index in [1.807, 2.05) is 0 Å². The van der Waals surface area contributed by atoms with E-state index in [9.17, 15) is 9.59 Å². The molecule has 0 saturated heterocycles. The van der Waals surface area contributed by atoms with Crippen LogP contribution in [0.3, 0.4) is 0 Å². The van der Waals surface area contributed by atoms with Gasteiger partial charge in [0.1, 0.15) is 6.04 Å². The number of aliphatic carboxylic acids is 1. The molecule has 0 radical (unpaired) electrons. The maximum atomic E-state index is 11.7. The molecule has 0 fully saturated rings. The minimum atomic E-state index is -1.11. The minimum absolute atomic E-state index is 0.458.